The molecular weight excluding hydrogens is 605 g/mol. The monoisotopic (exact) mass is 642 g/mol. The summed E-state index contributed by atoms with van der Waals surface area (Å²) in [6, 6.07) is 15.0. The zero-order valence-electron chi connectivity index (χ0n) is 24.9. The van der Waals surface area contributed by atoms with E-state index in [1.807, 2.05) is 45.9 Å². The Balaban J connectivity index is 1.94. The molecule has 13 heteroatoms. The van der Waals surface area contributed by atoms with Gasteiger partial charge in [0.2, 0.25) is 11.4 Å². The van der Waals surface area contributed by atoms with Crippen LogP contribution in [0, 0.1) is 17.8 Å². The molecule has 3 rings (SSSR count). The van der Waals surface area contributed by atoms with Crippen LogP contribution in [-0.2, 0) is 14.2 Å². The van der Waals surface area contributed by atoms with E-state index < -0.39 is 49.5 Å². The Morgan fingerprint density at radius 3 is 2.07 bits per heavy atom. The van der Waals surface area contributed by atoms with Crippen LogP contribution in [0.15, 0.2) is 65.7 Å². The van der Waals surface area contributed by atoms with Crippen LogP contribution in [-0.4, -0.2) is 56.2 Å². The molecule has 0 aliphatic heterocycles. The van der Waals surface area contributed by atoms with Crippen molar-refractivity contribution in [3.8, 4) is 0 Å². The number of hydrogen-bond donors (Lipinski definition) is 5. The van der Waals surface area contributed by atoms with Gasteiger partial charge in [-0.05, 0) is 61.1 Å². The smallest absolute Gasteiger partial charge is 0.335 e. The number of aromatic carboxylic acids is 1. The summed E-state index contributed by atoms with van der Waals surface area (Å²) in [5.41, 5.74) is 3.68. The van der Waals surface area contributed by atoms with Crippen molar-refractivity contribution < 1.29 is 43.7 Å². The molecule has 1 aromatic heterocycles. The molecule has 11 nitrogen and oxygen atoms in total. The number of hydrogen-bond acceptors (Lipinski definition) is 7. The fourth-order valence-electron chi connectivity index (χ4n) is 4.66. The summed E-state index contributed by atoms with van der Waals surface area (Å²) >= 11 is 1.06. The summed E-state index contributed by atoms with van der Waals surface area (Å²) in [6.07, 6.45) is 0.334. The first-order valence-corrected chi connectivity index (χ1v) is 15.9. The quantitative estimate of drug-likeness (QED) is 0.0905. The molecule has 2 amide bonds. The fraction of sp³-hybridized carbons (Fsp3) is 0.387. The molecule has 234 valence electrons. The standard InChI is InChI=1S/C31H36N3O8PS/c1-18(2)15-23(28(36)32-24(30(39)40)16-19(3)4)31(41,43-42)17-44-26-14-13-20-7-5-6-8-25(20)34(26)33-27(35)21-9-11-22(12-10-21)29(37)38/h5-14,18-19,23-24,41H,15-17H2,1-4H3,(H3-,32,33,35,36,37,38,39,40)/p+1/t23?,24-,31?/m0/s1. The Bertz CT molecular complexity index is 1530. The molecule has 0 fully saturated rings. The Kier molecular flexibility index (Phi) is 12.0. The Morgan fingerprint density at radius 1 is 0.886 bits per heavy atom. The van der Waals surface area contributed by atoms with E-state index in [1.165, 1.54) is 28.9 Å². The normalized spacial score (nSPS) is 14.2. The maximum Gasteiger partial charge on any atom is 0.335 e. The number of nitrogens with zero attached hydrogens (tertiary/aromatic N) is 1. The highest BCUT2D eigenvalue weighted by Gasteiger charge is 2.44. The molecular formula is C31H37N3O8PS+. The minimum Gasteiger partial charge on any atom is -0.480 e. The molecule has 1 heterocycles. The summed E-state index contributed by atoms with van der Waals surface area (Å²) in [5.74, 6) is -5.07. The third kappa shape index (κ3) is 8.84. The second kappa shape index (κ2) is 15.2. The zero-order valence-corrected chi connectivity index (χ0v) is 26.6. The molecule has 3 atom stereocenters. The van der Waals surface area contributed by atoms with Crippen molar-refractivity contribution >= 4 is 54.9 Å². The Labute approximate surface area is 261 Å². The number of amides is 2. The van der Waals surface area contributed by atoms with Crippen molar-refractivity contribution in [1.82, 2.24) is 5.32 Å². The summed E-state index contributed by atoms with van der Waals surface area (Å²) in [7, 11) is -0.716. The van der Waals surface area contributed by atoms with Gasteiger partial charge in [0.1, 0.15) is 6.04 Å². The average Bonchev–Trinajstić information content (AvgIpc) is 2.98. The number of rotatable bonds is 15. The van der Waals surface area contributed by atoms with Crippen molar-refractivity contribution in [2.45, 2.75) is 56.9 Å². The summed E-state index contributed by atoms with van der Waals surface area (Å²) in [4.78, 5) is 49.7. The molecule has 0 saturated heterocycles. The number of aromatic nitrogens is 1. The van der Waals surface area contributed by atoms with E-state index in [1.54, 1.807) is 18.2 Å². The van der Waals surface area contributed by atoms with E-state index in [0.717, 1.165) is 17.1 Å². The van der Waals surface area contributed by atoms with Crippen molar-refractivity contribution in [3.05, 3.63) is 71.8 Å². The maximum atomic E-state index is 13.4. The lowest BCUT2D eigenvalue weighted by atomic mass is 9.90. The van der Waals surface area contributed by atoms with Crippen molar-refractivity contribution in [2.24, 2.45) is 17.8 Å². The minimum absolute atomic E-state index is 0.0133. The van der Waals surface area contributed by atoms with Gasteiger partial charge in [-0.3, -0.25) is 14.2 Å². The minimum atomic E-state index is -2.07. The number of aliphatic hydroxyl groups is 1. The first-order chi connectivity index (χ1) is 20.7. The lowest BCUT2D eigenvalue weighted by Gasteiger charge is -2.31. The van der Waals surface area contributed by atoms with Gasteiger partial charge in [0, 0.05) is 28.8 Å². The van der Waals surface area contributed by atoms with Crippen molar-refractivity contribution in [1.29, 1.82) is 0 Å². The summed E-state index contributed by atoms with van der Waals surface area (Å²) < 4.78 is 14.0. The molecule has 3 aromatic rings. The molecule has 2 aromatic carbocycles. The second-order valence-electron chi connectivity index (χ2n) is 11.4. The van der Waals surface area contributed by atoms with E-state index in [2.05, 4.69) is 10.7 Å². The van der Waals surface area contributed by atoms with Gasteiger partial charge in [-0.1, -0.05) is 56.3 Å². The maximum absolute atomic E-state index is 13.4. The highest BCUT2D eigenvalue weighted by atomic mass is 32.2. The molecule has 2 unspecified atom stereocenters. The van der Waals surface area contributed by atoms with Crippen LogP contribution < -0.4 is 15.4 Å². The SMILES string of the molecule is CC(C)CC(C(=O)N[C@@H](CC(C)C)C(=O)O)C(O)(CSc1ccc2ccccc2[n+]1NC(=O)c1ccc(C(=O)O)cc1)P=O. The van der Waals surface area contributed by atoms with Crippen LogP contribution in [0.1, 0.15) is 61.3 Å². The lowest BCUT2D eigenvalue weighted by molar-refractivity contribution is -0.653. The molecule has 44 heavy (non-hydrogen) atoms. The highest BCUT2D eigenvalue weighted by molar-refractivity contribution is 7.99. The number of carbonyl (C=O) groups excluding carboxylic acids is 2. The van der Waals surface area contributed by atoms with E-state index in [4.69, 9.17) is 0 Å². The third-order valence-electron chi connectivity index (χ3n) is 6.90. The largest absolute Gasteiger partial charge is 0.480 e. The number of para-hydroxylation sites is 1. The number of fused-ring (bicyclic) bond motifs is 1. The topological polar surface area (TPSA) is 174 Å². The van der Waals surface area contributed by atoms with Crippen LogP contribution in [0.25, 0.3) is 10.9 Å². The summed E-state index contributed by atoms with van der Waals surface area (Å²) in [6.45, 7) is 7.35. The predicted molar refractivity (Wildman–Crippen MR) is 166 cm³/mol. The average molecular weight is 643 g/mol. The molecule has 0 radical (unpaired) electrons. The predicted octanol–water partition coefficient (Wildman–Crippen LogP) is 4.56. The first kappa shape index (κ1) is 34.6. The number of carboxylic acids is 2. The van der Waals surface area contributed by atoms with Crippen LogP contribution in [0.3, 0.4) is 0 Å². The van der Waals surface area contributed by atoms with Crippen molar-refractivity contribution in [3.63, 3.8) is 0 Å². The third-order valence-corrected chi connectivity index (χ3v) is 9.10. The van der Waals surface area contributed by atoms with Gasteiger partial charge in [0.05, 0.1) is 11.5 Å². The molecule has 5 N–H and O–H groups in total. The zero-order chi connectivity index (χ0) is 32.6. The van der Waals surface area contributed by atoms with E-state index in [9.17, 15) is 39.1 Å². The number of thioether (sulfide) groups is 1. The Hall–Kier alpha value is -3.86. The van der Waals surface area contributed by atoms with Crippen LogP contribution in [0.5, 0.6) is 0 Å². The molecule has 0 saturated carbocycles. The van der Waals surface area contributed by atoms with Crippen LogP contribution in [0.2, 0.25) is 0 Å². The molecule has 0 spiro atoms. The second-order valence-corrected chi connectivity index (χ2v) is 13.3. The number of pyridine rings is 1. The number of carboxylic acid groups (broad SMARTS) is 2. The van der Waals surface area contributed by atoms with Crippen LogP contribution in [0.4, 0.5) is 0 Å². The van der Waals surface area contributed by atoms with Gasteiger partial charge in [0.25, 0.3) is 5.03 Å². The van der Waals surface area contributed by atoms with Crippen molar-refractivity contribution in [2.75, 3.05) is 11.2 Å². The number of nitrogens with one attached hydrogen (secondary N) is 2. The van der Waals surface area contributed by atoms with E-state index in [-0.39, 0.29) is 41.6 Å². The van der Waals surface area contributed by atoms with Gasteiger partial charge < -0.3 is 20.6 Å². The Morgan fingerprint density at radius 2 is 1.50 bits per heavy atom. The van der Waals surface area contributed by atoms with E-state index >= 15 is 0 Å². The molecule has 0 aliphatic carbocycles. The van der Waals surface area contributed by atoms with E-state index in [0.29, 0.717) is 10.5 Å². The van der Waals surface area contributed by atoms with Gasteiger partial charge >= 0.3 is 17.8 Å². The molecule has 0 bridgehead atoms. The summed E-state index contributed by atoms with van der Waals surface area (Å²) in [5, 5.41) is 32.2. The number of carbonyl (C=O) groups is 4. The van der Waals surface area contributed by atoms with Crippen LogP contribution >= 0.6 is 20.2 Å². The first-order valence-electron chi connectivity index (χ1n) is 14.1. The molecule has 0 aliphatic rings. The lowest BCUT2D eigenvalue weighted by Crippen LogP contribution is -2.52. The van der Waals surface area contributed by atoms with Gasteiger partial charge in [-0.15, -0.1) is 5.43 Å². The fourth-order valence-corrected chi connectivity index (χ4v) is 6.41. The van der Waals surface area contributed by atoms with Gasteiger partial charge in [0.15, 0.2) is 13.8 Å². The van der Waals surface area contributed by atoms with Gasteiger partial charge in [-0.2, -0.15) is 0 Å². The number of aliphatic carboxylic acids is 1. The highest BCUT2D eigenvalue weighted by Crippen LogP contribution is 2.38. The number of benzene rings is 2. The van der Waals surface area contributed by atoms with Gasteiger partial charge in [-0.25, -0.2) is 9.59 Å².